The Morgan fingerprint density at radius 2 is 2.43 bits per heavy atom. The standard InChI is InChI=1S/C12H15NO/c1-12(14)7-3-5-10-9(8-13)4-2-6-11(10)12/h2,6,11,14H,3-5,7H2,1H3/t11-,12-/m1/s1. The largest absolute Gasteiger partial charge is 0.389 e. The van der Waals surface area contributed by atoms with Crippen LogP contribution in [-0.4, -0.2) is 10.7 Å². The number of aliphatic hydroxyl groups is 1. The molecular formula is C12H15NO. The van der Waals surface area contributed by atoms with Gasteiger partial charge in [0.1, 0.15) is 0 Å². The summed E-state index contributed by atoms with van der Waals surface area (Å²) >= 11 is 0. The molecule has 0 spiro atoms. The summed E-state index contributed by atoms with van der Waals surface area (Å²) in [5.41, 5.74) is 1.40. The zero-order chi connectivity index (χ0) is 10.2. The number of rotatable bonds is 0. The molecule has 2 atom stereocenters. The highest BCUT2D eigenvalue weighted by molar-refractivity contribution is 5.39. The summed E-state index contributed by atoms with van der Waals surface area (Å²) in [6, 6.07) is 2.26. The molecule has 1 fully saturated rings. The van der Waals surface area contributed by atoms with Crippen molar-refractivity contribution in [1.82, 2.24) is 0 Å². The minimum absolute atomic E-state index is 0.0830. The third-order valence-electron chi connectivity index (χ3n) is 3.35. The van der Waals surface area contributed by atoms with Gasteiger partial charge in [-0.15, -0.1) is 0 Å². The Morgan fingerprint density at radius 1 is 1.64 bits per heavy atom. The van der Waals surface area contributed by atoms with E-state index in [1.165, 1.54) is 5.57 Å². The average molecular weight is 189 g/mol. The van der Waals surface area contributed by atoms with Gasteiger partial charge in [0, 0.05) is 17.9 Å². The maximum atomic E-state index is 10.2. The summed E-state index contributed by atoms with van der Waals surface area (Å²) in [4.78, 5) is 0. The number of nitrogens with zero attached hydrogens (tertiary/aromatic N) is 1. The molecule has 2 nitrogen and oxygen atoms in total. The van der Waals surface area contributed by atoms with E-state index in [0.29, 0.717) is 0 Å². The van der Waals surface area contributed by atoms with Crippen LogP contribution in [0.4, 0.5) is 0 Å². The molecule has 0 saturated heterocycles. The fourth-order valence-electron chi connectivity index (χ4n) is 2.56. The lowest BCUT2D eigenvalue weighted by Gasteiger charge is -2.39. The van der Waals surface area contributed by atoms with E-state index in [1.54, 1.807) is 0 Å². The quantitative estimate of drug-likeness (QED) is 0.594. The van der Waals surface area contributed by atoms with Gasteiger partial charge in [-0.3, -0.25) is 0 Å². The molecule has 0 amide bonds. The lowest BCUT2D eigenvalue weighted by atomic mass is 9.69. The van der Waals surface area contributed by atoms with Crippen molar-refractivity contribution in [3.8, 4) is 6.07 Å². The second-order valence-corrected chi connectivity index (χ2v) is 4.44. The van der Waals surface area contributed by atoms with Gasteiger partial charge in [0.2, 0.25) is 0 Å². The summed E-state index contributed by atoms with van der Waals surface area (Å²) in [6.45, 7) is 1.88. The van der Waals surface area contributed by atoms with Crippen LogP contribution in [-0.2, 0) is 0 Å². The maximum Gasteiger partial charge on any atom is 0.0950 e. The van der Waals surface area contributed by atoms with Gasteiger partial charge < -0.3 is 5.11 Å². The van der Waals surface area contributed by atoms with Gasteiger partial charge in [0.05, 0.1) is 11.7 Å². The third-order valence-corrected chi connectivity index (χ3v) is 3.35. The van der Waals surface area contributed by atoms with Crippen molar-refractivity contribution in [2.75, 3.05) is 0 Å². The van der Waals surface area contributed by atoms with Crippen molar-refractivity contribution in [2.24, 2.45) is 5.92 Å². The smallest absolute Gasteiger partial charge is 0.0950 e. The van der Waals surface area contributed by atoms with Gasteiger partial charge in [-0.05, 0) is 31.8 Å². The number of hydrogen-bond acceptors (Lipinski definition) is 2. The molecule has 0 heterocycles. The van der Waals surface area contributed by atoms with Gasteiger partial charge in [-0.2, -0.15) is 5.26 Å². The highest BCUT2D eigenvalue weighted by Gasteiger charge is 2.38. The van der Waals surface area contributed by atoms with Crippen LogP contribution in [0.15, 0.2) is 23.3 Å². The molecule has 2 rings (SSSR count). The number of allylic oxidation sites excluding steroid dienone is 2. The van der Waals surface area contributed by atoms with E-state index >= 15 is 0 Å². The number of nitriles is 1. The highest BCUT2D eigenvalue weighted by Crippen LogP contribution is 2.42. The van der Waals surface area contributed by atoms with Crippen LogP contribution in [0.5, 0.6) is 0 Å². The van der Waals surface area contributed by atoms with E-state index < -0.39 is 5.60 Å². The van der Waals surface area contributed by atoms with Crippen molar-refractivity contribution in [2.45, 2.75) is 38.2 Å². The molecule has 1 N–H and O–H groups in total. The fraction of sp³-hybridized carbons (Fsp3) is 0.583. The Balaban J connectivity index is 2.40. The van der Waals surface area contributed by atoms with Gasteiger partial charge in [0.15, 0.2) is 0 Å². The Hall–Kier alpha value is -1.07. The topological polar surface area (TPSA) is 44.0 Å². The molecule has 0 radical (unpaired) electrons. The highest BCUT2D eigenvalue weighted by atomic mass is 16.3. The predicted octanol–water partition coefficient (Wildman–Crippen LogP) is 2.32. The maximum absolute atomic E-state index is 10.2. The Kier molecular flexibility index (Phi) is 2.20. The van der Waals surface area contributed by atoms with Crippen LogP contribution in [0.2, 0.25) is 0 Å². The molecule has 1 saturated carbocycles. The Bertz CT molecular complexity index is 344. The molecule has 0 aromatic heterocycles. The lowest BCUT2D eigenvalue weighted by Crippen LogP contribution is -2.39. The molecule has 2 aliphatic rings. The Morgan fingerprint density at radius 3 is 3.14 bits per heavy atom. The molecule has 0 unspecified atom stereocenters. The van der Waals surface area contributed by atoms with Crippen LogP contribution in [0.3, 0.4) is 0 Å². The second-order valence-electron chi connectivity index (χ2n) is 4.44. The van der Waals surface area contributed by atoms with Crippen molar-refractivity contribution >= 4 is 0 Å². The van der Waals surface area contributed by atoms with Gasteiger partial charge in [-0.25, -0.2) is 0 Å². The fourth-order valence-corrected chi connectivity index (χ4v) is 2.56. The number of hydrogen-bond donors (Lipinski definition) is 1. The van der Waals surface area contributed by atoms with Crippen LogP contribution < -0.4 is 0 Å². The monoisotopic (exact) mass is 189 g/mol. The van der Waals surface area contributed by atoms with Crippen LogP contribution in [0.25, 0.3) is 0 Å². The van der Waals surface area contributed by atoms with Gasteiger partial charge >= 0.3 is 0 Å². The number of fused-ring (bicyclic) bond motifs is 1. The van der Waals surface area contributed by atoms with Gasteiger partial charge in [0.25, 0.3) is 0 Å². The first kappa shape index (κ1) is 9.48. The first-order valence-electron chi connectivity index (χ1n) is 5.16. The summed E-state index contributed by atoms with van der Waals surface area (Å²) in [5.74, 6) is 0.0830. The molecule has 0 aliphatic heterocycles. The van der Waals surface area contributed by atoms with Gasteiger partial charge in [-0.1, -0.05) is 12.2 Å². The van der Waals surface area contributed by atoms with E-state index in [9.17, 15) is 5.11 Å². The van der Waals surface area contributed by atoms with E-state index in [1.807, 2.05) is 13.0 Å². The minimum atomic E-state index is -0.646. The van der Waals surface area contributed by atoms with Crippen LogP contribution in [0, 0.1) is 17.2 Å². The van der Waals surface area contributed by atoms with E-state index in [-0.39, 0.29) is 5.92 Å². The summed E-state index contributed by atoms with van der Waals surface area (Å²) in [5, 5.41) is 19.2. The van der Waals surface area contributed by atoms with Crippen molar-refractivity contribution in [1.29, 1.82) is 5.26 Å². The molecular weight excluding hydrogens is 174 g/mol. The molecule has 74 valence electrons. The summed E-state index contributed by atoms with van der Waals surface area (Å²) < 4.78 is 0. The first-order valence-corrected chi connectivity index (χ1v) is 5.16. The molecule has 2 heteroatoms. The molecule has 0 aromatic rings. The average Bonchev–Trinajstić information content (AvgIpc) is 2.17. The van der Waals surface area contributed by atoms with Crippen LogP contribution >= 0.6 is 0 Å². The van der Waals surface area contributed by atoms with Crippen LogP contribution in [0.1, 0.15) is 32.6 Å². The zero-order valence-corrected chi connectivity index (χ0v) is 8.45. The van der Waals surface area contributed by atoms with E-state index in [2.05, 4.69) is 12.1 Å². The second kappa shape index (κ2) is 3.25. The van der Waals surface area contributed by atoms with Crippen molar-refractivity contribution in [3.63, 3.8) is 0 Å². The lowest BCUT2D eigenvalue weighted by molar-refractivity contribution is 0.00731. The normalized spacial score (nSPS) is 36.5. The summed E-state index contributed by atoms with van der Waals surface area (Å²) in [7, 11) is 0. The SMILES string of the molecule is C[C@@]1(O)CCCC2=C(C#N)CC=C[C@H]21. The van der Waals surface area contributed by atoms with E-state index in [0.717, 1.165) is 31.3 Å². The molecule has 0 aromatic carbocycles. The minimum Gasteiger partial charge on any atom is -0.389 e. The molecule has 2 aliphatic carbocycles. The van der Waals surface area contributed by atoms with E-state index in [4.69, 9.17) is 5.26 Å². The summed E-state index contributed by atoms with van der Waals surface area (Å²) in [6.07, 6.45) is 7.64. The third kappa shape index (κ3) is 1.38. The molecule has 0 bridgehead atoms. The molecule has 14 heavy (non-hydrogen) atoms. The van der Waals surface area contributed by atoms with Crippen molar-refractivity contribution in [3.05, 3.63) is 23.3 Å². The van der Waals surface area contributed by atoms with Crippen molar-refractivity contribution < 1.29 is 5.11 Å². The first-order chi connectivity index (χ1) is 6.65. The zero-order valence-electron chi connectivity index (χ0n) is 8.45. The predicted molar refractivity (Wildman–Crippen MR) is 54.4 cm³/mol. The Labute approximate surface area is 84.5 Å².